The van der Waals surface area contributed by atoms with E-state index in [1.807, 2.05) is 0 Å². The third kappa shape index (κ3) is 5.69. The Balaban J connectivity index is 1.44. The molecule has 0 saturated carbocycles. The molecule has 0 spiro atoms. The second-order valence-electron chi connectivity index (χ2n) is 8.41. The van der Waals surface area contributed by atoms with Crippen LogP contribution < -0.4 is 16.0 Å². The van der Waals surface area contributed by atoms with Crippen LogP contribution in [-0.2, 0) is 13.0 Å². The van der Waals surface area contributed by atoms with E-state index in [1.165, 1.54) is 12.4 Å². The number of amides is 1. The number of benzene rings is 1. The van der Waals surface area contributed by atoms with Crippen LogP contribution in [0.4, 0.5) is 23.2 Å². The number of fused-ring (bicyclic) bond motifs is 1. The van der Waals surface area contributed by atoms with Crippen molar-refractivity contribution < 1.29 is 26.9 Å². The van der Waals surface area contributed by atoms with Crippen LogP contribution in [0.1, 0.15) is 28.5 Å². The second kappa shape index (κ2) is 10.4. The lowest BCUT2D eigenvalue weighted by atomic mass is 10.0. The normalized spacial score (nSPS) is 18.2. The SMILES string of the molecule is O=C(NCc1nc(-c2sc3c(N[C@@H]4CCNC[C@@H]4F)cccc3c2CC(F)(F)F)no1)c1ncccn1. The molecule has 0 unspecified atom stereocenters. The van der Waals surface area contributed by atoms with Gasteiger partial charge in [0.1, 0.15) is 6.17 Å². The number of aromatic nitrogens is 4. The first kappa shape index (κ1) is 25.0. The van der Waals surface area contributed by atoms with Crippen LogP contribution in [0.25, 0.3) is 20.8 Å². The van der Waals surface area contributed by atoms with Crippen molar-refractivity contribution in [1.29, 1.82) is 0 Å². The first-order valence-electron chi connectivity index (χ1n) is 11.4. The van der Waals surface area contributed by atoms with Gasteiger partial charge in [0.2, 0.25) is 17.5 Å². The summed E-state index contributed by atoms with van der Waals surface area (Å²) < 4.78 is 60.8. The molecule has 0 aliphatic carbocycles. The summed E-state index contributed by atoms with van der Waals surface area (Å²) in [4.78, 5) is 24.2. The molecule has 1 fully saturated rings. The maximum atomic E-state index is 14.4. The lowest BCUT2D eigenvalue weighted by Crippen LogP contribution is -2.45. The Morgan fingerprint density at radius 3 is 2.78 bits per heavy atom. The van der Waals surface area contributed by atoms with E-state index in [0.29, 0.717) is 28.7 Å². The molecule has 0 radical (unpaired) electrons. The van der Waals surface area contributed by atoms with Gasteiger partial charge in [-0.05, 0) is 36.0 Å². The highest BCUT2D eigenvalue weighted by molar-refractivity contribution is 7.23. The zero-order valence-electron chi connectivity index (χ0n) is 19.2. The Labute approximate surface area is 211 Å². The zero-order valence-corrected chi connectivity index (χ0v) is 20.0. The summed E-state index contributed by atoms with van der Waals surface area (Å²) >= 11 is 1.08. The third-order valence-corrected chi connectivity index (χ3v) is 7.06. The molecule has 1 aliphatic rings. The molecule has 2 atom stereocenters. The first-order chi connectivity index (χ1) is 17.8. The number of anilines is 1. The van der Waals surface area contributed by atoms with Crippen molar-refractivity contribution in [3.63, 3.8) is 0 Å². The number of thiophene rings is 1. The van der Waals surface area contributed by atoms with E-state index in [-0.39, 0.29) is 41.1 Å². The number of halogens is 4. The van der Waals surface area contributed by atoms with Crippen LogP contribution >= 0.6 is 11.3 Å². The van der Waals surface area contributed by atoms with Crippen molar-refractivity contribution in [2.45, 2.75) is 37.8 Å². The summed E-state index contributed by atoms with van der Waals surface area (Å²) in [5, 5.41) is 12.9. The summed E-state index contributed by atoms with van der Waals surface area (Å²) in [6.07, 6.45) is -3.44. The number of hydrogen-bond acceptors (Lipinski definition) is 9. The predicted octanol–water partition coefficient (Wildman–Crippen LogP) is 3.89. The summed E-state index contributed by atoms with van der Waals surface area (Å²) in [5.41, 5.74) is 0.554. The molecular weight excluding hydrogens is 514 g/mol. The van der Waals surface area contributed by atoms with Gasteiger partial charge in [-0.1, -0.05) is 17.3 Å². The van der Waals surface area contributed by atoms with Crippen LogP contribution in [0.2, 0.25) is 0 Å². The van der Waals surface area contributed by atoms with E-state index >= 15 is 0 Å². The van der Waals surface area contributed by atoms with Gasteiger partial charge in [-0.2, -0.15) is 18.2 Å². The predicted molar refractivity (Wildman–Crippen MR) is 128 cm³/mol. The molecule has 5 rings (SSSR count). The summed E-state index contributed by atoms with van der Waals surface area (Å²) in [5.74, 6) is -0.650. The molecule has 4 aromatic rings. The molecular formula is C23H21F4N7O2S. The molecule has 1 amide bonds. The van der Waals surface area contributed by atoms with E-state index in [9.17, 15) is 22.4 Å². The molecule has 14 heteroatoms. The second-order valence-corrected chi connectivity index (χ2v) is 9.43. The maximum Gasteiger partial charge on any atom is 0.393 e. The van der Waals surface area contributed by atoms with E-state index in [0.717, 1.165) is 11.3 Å². The fourth-order valence-electron chi connectivity index (χ4n) is 4.09. The largest absolute Gasteiger partial charge is 0.393 e. The van der Waals surface area contributed by atoms with Gasteiger partial charge in [0.15, 0.2) is 0 Å². The molecule has 3 N–H and O–H groups in total. The Morgan fingerprint density at radius 1 is 1.22 bits per heavy atom. The number of nitrogens with one attached hydrogen (secondary N) is 3. The van der Waals surface area contributed by atoms with E-state index in [2.05, 4.69) is 36.1 Å². The number of alkyl halides is 4. The lowest BCUT2D eigenvalue weighted by Gasteiger charge is -2.28. The van der Waals surface area contributed by atoms with Gasteiger partial charge in [0, 0.05) is 18.9 Å². The van der Waals surface area contributed by atoms with Crippen LogP contribution in [0.5, 0.6) is 0 Å². The molecule has 37 heavy (non-hydrogen) atoms. The van der Waals surface area contributed by atoms with Crippen LogP contribution in [0, 0.1) is 0 Å². The maximum absolute atomic E-state index is 14.4. The number of hydrogen-bond donors (Lipinski definition) is 3. The Morgan fingerprint density at radius 2 is 2.03 bits per heavy atom. The standard InChI is InChI=1S/C23H21F4N7O2S/c24-14-10-28-8-5-15(14)32-16-4-1-3-12-13(9-23(25,26)27)19(37-18(12)16)20-33-17(36-34-20)11-31-22(35)21-29-6-2-7-30-21/h1-4,6-7,14-15,28,32H,5,8-11H2,(H,31,35)/t14-,15+/m0/s1. The highest BCUT2D eigenvalue weighted by Gasteiger charge is 2.33. The van der Waals surface area contributed by atoms with Crippen molar-refractivity contribution in [3.05, 3.63) is 53.9 Å². The first-order valence-corrected chi connectivity index (χ1v) is 12.2. The van der Waals surface area contributed by atoms with Crippen molar-refractivity contribution in [2.24, 2.45) is 0 Å². The van der Waals surface area contributed by atoms with Crippen molar-refractivity contribution in [1.82, 2.24) is 30.7 Å². The number of nitrogens with zero attached hydrogens (tertiary/aromatic N) is 4. The van der Waals surface area contributed by atoms with Crippen LogP contribution in [-0.4, -0.2) is 57.5 Å². The van der Waals surface area contributed by atoms with Gasteiger partial charge < -0.3 is 20.5 Å². The zero-order chi connectivity index (χ0) is 26.0. The Hall–Kier alpha value is -3.65. The number of carbonyl (C=O) groups excluding carboxylic acids is 1. The molecule has 1 aliphatic heterocycles. The van der Waals surface area contributed by atoms with Gasteiger partial charge in [-0.15, -0.1) is 11.3 Å². The van der Waals surface area contributed by atoms with E-state index < -0.39 is 30.7 Å². The molecule has 0 bridgehead atoms. The highest BCUT2D eigenvalue weighted by Crippen LogP contribution is 2.43. The van der Waals surface area contributed by atoms with Crippen molar-refractivity contribution in [3.8, 4) is 10.7 Å². The molecule has 1 aromatic carbocycles. The topological polar surface area (TPSA) is 118 Å². The van der Waals surface area contributed by atoms with Gasteiger partial charge in [0.25, 0.3) is 5.91 Å². The fourth-order valence-corrected chi connectivity index (χ4v) is 5.32. The number of piperidine rings is 1. The van der Waals surface area contributed by atoms with Crippen LogP contribution in [0.15, 0.2) is 41.2 Å². The Bertz CT molecular complexity index is 1390. The minimum atomic E-state index is -4.48. The summed E-state index contributed by atoms with van der Waals surface area (Å²) in [6.45, 7) is 0.687. The van der Waals surface area contributed by atoms with Crippen molar-refractivity contribution in [2.75, 3.05) is 18.4 Å². The average Bonchev–Trinajstić information content (AvgIpc) is 3.49. The minimum Gasteiger partial charge on any atom is -0.378 e. The highest BCUT2D eigenvalue weighted by atomic mass is 32.1. The molecule has 3 aromatic heterocycles. The number of carbonyl (C=O) groups is 1. The lowest BCUT2D eigenvalue weighted by molar-refractivity contribution is -0.126. The molecule has 9 nitrogen and oxygen atoms in total. The quantitative estimate of drug-likeness (QED) is 0.305. The van der Waals surface area contributed by atoms with Gasteiger partial charge in [-0.3, -0.25) is 4.79 Å². The van der Waals surface area contributed by atoms with Gasteiger partial charge in [0.05, 0.1) is 34.3 Å². The summed E-state index contributed by atoms with van der Waals surface area (Å²) in [6, 6.07) is 6.05. The van der Waals surface area contributed by atoms with E-state index in [1.54, 1.807) is 24.3 Å². The summed E-state index contributed by atoms with van der Waals surface area (Å²) in [7, 11) is 0. The Kier molecular flexibility index (Phi) is 7.02. The van der Waals surface area contributed by atoms with Gasteiger partial charge >= 0.3 is 6.18 Å². The molecule has 194 valence electrons. The molecule has 1 saturated heterocycles. The van der Waals surface area contributed by atoms with Crippen molar-refractivity contribution >= 4 is 33.0 Å². The smallest absolute Gasteiger partial charge is 0.378 e. The fraction of sp³-hybridized carbons (Fsp3) is 0.348. The van der Waals surface area contributed by atoms with Crippen LogP contribution in [0.3, 0.4) is 0 Å². The monoisotopic (exact) mass is 535 g/mol. The number of rotatable bonds is 7. The average molecular weight is 536 g/mol. The van der Waals surface area contributed by atoms with E-state index in [4.69, 9.17) is 4.52 Å². The van der Waals surface area contributed by atoms with Gasteiger partial charge in [-0.25, -0.2) is 14.4 Å². The minimum absolute atomic E-state index is 0.00280. The molecule has 4 heterocycles. The third-order valence-electron chi connectivity index (χ3n) is 5.78.